The van der Waals surface area contributed by atoms with Crippen molar-refractivity contribution in [1.29, 1.82) is 0 Å². The fraction of sp³-hybridized carbons (Fsp3) is 0.529. The van der Waals surface area contributed by atoms with E-state index in [0.29, 0.717) is 11.3 Å². The Labute approximate surface area is 156 Å². The molecule has 3 N–H and O–H groups in total. The predicted molar refractivity (Wildman–Crippen MR) is 97.6 cm³/mol. The summed E-state index contributed by atoms with van der Waals surface area (Å²) in [4.78, 5) is 50.4. The molecule has 9 heteroatoms. The van der Waals surface area contributed by atoms with E-state index < -0.39 is 11.6 Å². The van der Waals surface area contributed by atoms with E-state index in [1.54, 1.807) is 19.9 Å². The molecule has 0 saturated carbocycles. The fourth-order valence-electron chi connectivity index (χ4n) is 2.65. The van der Waals surface area contributed by atoms with Gasteiger partial charge in [-0.3, -0.25) is 30.1 Å². The molecule has 1 aromatic rings. The van der Waals surface area contributed by atoms with Crippen LogP contribution < -0.4 is 16.2 Å². The lowest BCUT2D eigenvalue weighted by molar-refractivity contribution is -0.130. The molecule has 142 valence electrons. The van der Waals surface area contributed by atoms with E-state index >= 15 is 0 Å². The molecule has 1 aliphatic rings. The number of urea groups is 1. The van der Waals surface area contributed by atoms with Gasteiger partial charge in [0, 0.05) is 17.8 Å². The highest BCUT2D eigenvalue weighted by Gasteiger charge is 2.43. The number of nitrogens with one attached hydrogen (secondary N) is 3. The maximum atomic E-state index is 12.0. The number of rotatable bonds is 6. The molecule has 1 saturated heterocycles. The first kappa shape index (κ1) is 19.9. The minimum absolute atomic E-state index is 0.0848. The molecule has 0 spiro atoms. The first-order valence-electron chi connectivity index (χ1n) is 8.48. The monoisotopic (exact) mass is 380 g/mol. The van der Waals surface area contributed by atoms with Crippen molar-refractivity contribution in [3.63, 3.8) is 0 Å². The molecule has 1 aliphatic heterocycles. The highest BCUT2D eigenvalue weighted by atomic mass is 32.1. The van der Waals surface area contributed by atoms with Gasteiger partial charge in [0.15, 0.2) is 0 Å². The number of hydrogen-bond acceptors (Lipinski definition) is 5. The molecule has 0 unspecified atom stereocenters. The molecule has 0 aliphatic carbocycles. The number of thiophene rings is 1. The number of carbonyl (C=O) groups is 4. The second-order valence-corrected chi connectivity index (χ2v) is 7.82. The van der Waals surface area contributed by atoms with Crippen LogP contribution in [0.15, 0.2) is 6.07 Å². The number of hydrazine groups is 1. The molecule has 0 aromatic carbocycles. The Hall–Kier alpha value is -2.42. The number of nitrogens with zero attached hydrogens (tertiary/aromatic N) is 1. The van der Waals surface area contributed by atoms with E-state index in [1.165, 1.54) is 11.3 Å². The molecular formula is C17H24N4O4S. The number of hydrogen-bond donors (Lipinski definition) is 3. The average molecular weight is 380 g/mol. The molecule has 1 fully saturated rings. The molecule has 0 atom stereocenters. The van der Waals surface area contributed by atoms with Crippen LogP contribution in [-0.2, 0) is 16.0 Å². The lowest BCUT2D eigenvalue weighted by Crippen LogP contribution is -2.42. The third-order valence-electron chi connectivity index (χ3n) is 4.11. The topological polar surface area (TPSA) is 108 Å². The number of imide groups is 1. The van der Waals surface area contributed by atoms with Crippen molar-refractivity contribution in [3.05, 3.63) is 21.4 Å². The predicted octanol–water partition coefficient (Wildman–Crippen LogP) is 1.49. The standard InChI is InChI=1S/C17H24N4O4S/c1-5-11-10(2)9-12(26-11)14(23)20-19-13(22)7-6-8-21-15(24)17(3,4)18-16(21)25/h9H,5-8H2,1-4H3,(H,18,25)(H,19,22)(H,20,23). The third-order valence-corrected chi connectivity index (χ3v) is 5.49. The Balaban J connectivity index is 1.74. The average Bonchev–Trinajstić information content (AvgIpc) is 3.04. The fourth-order valence-corrected chi connectivity index (χ4v) is 3.66. The second-order valence-electron chi connectivity index (χ2n) is 6.69. The summed E-state index contributed by atoms with van der Waals surface area (Å²) in [5.74, 6) is -1.05. The highest BCUT2D eigenvalue weighted by Crippen LogP contribution is 2.22. The summed E-state index contributed by atoms with van der Waals surface area (Å²) in [6.45, 7) is 7.38. The lowest BCUT2D eigenvalue weighted by Gasteiger charge is -2.15. The van der Waals surface area contributed by atoms with Crippen LogP contribution in [0.25, 0.3) is 0 Å². The number of amides is 5. The van der Waals surface area contributed by atoms with Crippen LogP contribution in [-0.4, -0.2) is 40.7 Å². The van der Waals surface area contributed by atoms with Crippen molar-refractivity contribution < 1.29 is 19.2 Å². The number of carbonyl (C=O) groups excluding carboxylic acids is 4. The van der Waals surface area contributed by atoms with Crippen molar-refractivity contribution in [2.24, 2.45) is 0 Å². The van der Waals surface area contributed by atoms with Crippen molar-refractivity contribution in [2.45, 2.75) is 52.5 Å². The van der Waals surface area contributed by atoms with E-state index in [1.807, 2.05) is 13.8 Å². The summed E-state index contributed by atoms with van der Waals surface area (Å²) in [5.41, 5.74) is 4.89. The van der Waals surface area contributed by atoms with Crippen molar-refractivity contribution in [1.82, 2.24) is 21.1 Å². The first-order valence-corrected chi connectivity index (χ1v) is 9.30. The van der Waals surface area contributed by atoms with E-state index in [2.05, 4.69) is 16.2 Å². The Kier molecular flexibility index (Phi) is 6.01. The Morgan fingerprint density at radius 1 is 1.27 bits per heavy atom. The third kappa shape index (κ3) is 4.40. The van der Waals surface area contributed by atoms with Gasteiger partial charge in [-0.15, -0.1) is 11.3 Å². The second kappa shape index (κ2) is 7.86. The molecule has 0 bridgehead atoms. The minimum Gasteiger partial charge on any atom is -0.324 e. The van der Waals surface area contributed by atoms with Crippen LogP contribution in [0.4, 0.5) is 4.79 Å². The minimum atomic E-state index is -0.913. The summed E-state index contributed by atoms with van der Waals surface area (Å²) in [5, 5.41) is 2.58. The SMILES string of the molecule is CCc1sc(C(=O)NNC(=O)CCCN2C(=O)NC(C)(C)C2=O)cc1C. The van der Waals surface area contributed by atoms with Crippen molar-refractivity contribution in [3.8, 4) is 0 Å². The maximum Gasteiger partial charge on any atom is 0.325 e. The molecule has 0 radical (unpaired) electrons. The van der Waals surface area contributed by atoms with Gasteiger partial charge in [0.2, 0.25) is 5.91 Å². The van der Waals surface area contributed by atoms with Gasteiger partial charge in [0.1, 0.15) is 5.54 Å². The first-order chi connectivity index (χ1) is 12.2. The smallest absolute Gasteiger partial charge is 0.324 e. The highest BCUT2D eigenvalue weighted by molar-refractivity contribution is 7.14. The van der Waals surface area contributed by atoms with Crippen LogP contribution in [0.3, 0.4) is 0 Å². The zero-order chi connectivity index (χ0) is 19.5. The zero-order valence-electron chi connectivity index (χ0n) is 15.4. The molecule has 8 nitrogen and oxygen atoms in total. The Morgan fingerprint density at radius 3 is 2.50 bits per heavy atom. The number of aryl methyl sites for hydroxylation is 2. The molecule has 2 heterocycles. The van der Waals surface area contributed by atoms with Gasteiger partial charge in [-0.1, -0.05) is 6.92 Å². The van der Waals surface area contributed by atoms with Crippen LogP contribution in [0.1, 0.15) is 53.7 Å². The van der Waals surface area contributed by atoms with Gasteiger partial charge in [-0.25, -0.2) is 4.79 Å². The van der Waals surface area contributed by atoms with Crippen molar-refractivity contribution >= 4 is 35.1 Å². The molecular weight excluding hydrogens is 356 g/mol. The summed E-state index contributed by atoms with van der Waals surface area (Å²) in [6, 6.07) is 1.35. The maximum absolute atomic E-state index is 12.0. The van der Waals surface area contributed by atoms with E-state index in [-0.39, 0.29) is 30.7 Å². The van der Waals surface area contributed by atoms with Crippen LogP contribution in [0.2, 0.25) is 0 Å². The summed E-state index contributed by atoms with van der Waals surface area (Å²) in [7, 11) is 0. The molecule has 1 aromatic heterocycles. The quantitative estimate of drug-likeness (QED) is 0.513. The summed E-state index contributed by atoms with van der Waals surface area (Å²) < 4.78 is 0. The summed E-state index contributed by atoms with van der Waals surface area (Å²) in [6.07, 6.45) is 1.26. The van der Waals surface area contributed by atoms with E-state index in [0.717, 1.165) is 21.8 Å². The van der Waals surface area contributed by atoms with E-state index in [4.69, 9.17) is 0 Å². The summed E-state index contributed by atoms with van der Waals surface area (Å²) >= 11 is 1.40. The van der Waals surface area contributed by atoms with Gasteiger partial charge in [0.05, 0.1) is 4.88 Å². The van der Waals surface area contributed by atoms with Gasteiger partial charge in [-0.2, -0.15) is 0 Å². The van der Waals surface area contributed by atoms with Gasteiger partial charge in [0.25, 0.3) is 11.8 Å². The van der Waals surface area contributed by atoms with Gasteiger partial charge < -0.3 is 5.32 Å². The van der Waals surface area contributed by atoms with Gasteiger partial charge >= 0.3 is 6.03 Å². The molecule has 2 rings (SSSR count). The van der Waals surface area contributed by atoms with Crippen LogP contribution >= 0.6 is 11.3 Å². The molecule has 26 heavy (non-hydrogen) atoms. The zero-order valence-corrected chi connectivity index (χ0v) is 16.2. The Bertz CT molecular complexity index is 741. The Morgan fingerprint density at radius 2 is 1.96 bits per heavy atom. The van der Waals surface area contributed by atoms with E-state index in [9.17, 15) is 19.2 Å². The van der Waals surface area contributed by atoms with Crippen LogP contribution in [0.5, 0.6) is 0 Å². The van der Waals surface area contributed by atoms with Gasteiger partial charge in [-0.05, 0) is 45.2 Å². The van der Waals surface area contributed by atoms with Crippen LogP contribution in [0, 0.1) is 6.92 Å². The lowest BCUT2D eigenvalue weighted by atomic mass is 10.1. The normalized spacial score (nSPS) is 15.8. The molecule has 5 amide bonds. The van der Waals surface area contributed by atoms with Crippen molar-refractivity contribution in [2.75, 3.05) is 6.54 Å². The largest absolute Gasteiger partial charge is 0.325 e.